The Labute approximate surface area is 149 Å². The second-order valence-electron chi connectivity index (χ2n) is 5.66. The van der Waals surface area contributed by atoms with Crippen LogP contribution in [-0.4, -0.2) is 32.4 Å². The first-order valence-electron chi connectivity index (χ1n) is 7.42. The van der Waals surface area contributed by atoms with Crippen molar-refractivity contribution in [1.29, 1.82) is 5.26 Å². The van der Waals surface area contributed by atoms with Crippen LogP contribution in [0.15, 0.2) is 22.7 Å². The molecule has 126 valence electrons. The van der Waals surface area contributed by atoms with E-state index in [1.807, 2.05) is 43.5 Å². The van der Waals surface area contributed by atoms with E-state index in [0.29, 0.717) is 11.0 Å². The van der Waals surface area contributed by atoms with Gasteiger partial charge in [0, 0.05) is 4.88 Å². The molecule has 1 unspecified atom stereocenters. The minimum absolute atomic E-state index is 0.0222. The Kier molecular flexibility index (Phi) is 6.17. The summed E-state index contributed by atoms with van der Waals surface area (Å²) < 4.78 is 0. The number of hydrogen-bond acceptors (Lipinski definition) is 6. The molecule has 0 radical (unpaired) electrons. The lowest BCUT2D eigenvalue weighted by molar-refractivity contribution is -0.120. The van der Waals surface area contributed by atoms with Crippen LogP contribution in [0.1, 0.15) is 31.5 Å². The molecule has 0 saturated carbocycles. The van der Waals surface area contributed by atoms with Gasteiger partial charge in [0.25, 0.3) is 0 Å². The number of aromatic amines is 1. The number of H-pyrrole nitrogens is 1. The zero-order valence-electron chi connectivity index (χ0n) is 13.7. The van der Waals surface area contributed by atoms with Crippen LogP contribution in [0.5, 0.6) is 0 Å². The molecule has 0 aromatic carbocycles. The fraction of sp³-hybridized carbons (Fsp3) is 0.375. The zero-order valence-corrected chi connectivity index (χ0v) is 15.4. The molecule has 2 N–H and O–H groups in total. The first-order valence-corrected chi connectivity index (χ1v) is 9.28. The number of carbonyl (C=O) groups is 1. The number of hydrogen-bond donors (Lipinski definition) is 2. The Hall–Kier alpha value is -2.11. The number of aromatic nitrogens is 3. The molecule has 2 aromatic heterocycles. The summed E-state index contributed by atoms with van der Waals surface area (Å²) in [6.45, 7) is 5.52. The Bertz CT molecular complexity index is 745. The molecular weight excluding hydrogens is 342 g/mol. The summed E-state index contributed by atoms with van der Waals surface area (Å²) in [7, 11) is 0. The number of rotatable bonds is 7. The first kappa shape index (κ1) is 18.2. The molecule has 0 aliphatic carbocycles. The predicted octanol–water partition coefficient (Wildman–Crippen LogP) is 3.18. The summed E-state index contributed by atoms with van der Waals surface area (Å²) in [5, 5.41) is 21.4. The highest BCUT2D eigenvalue weighted by Crippen LogP contribution is 2.18. The van der Waals surface area contributed by atoms with Crippen molar-refractivity contribution in [2.24, 2.45) is 5.92 Å². The number of nitrogens with zero attached hydrogens (tertiary/aromatic N) is 3. The molecule has 1 amide bonds. The Morgan fingerprint density at radius 3 is 3.00 bits per heavy atom. The SMILES string of the molecule is CC(C)C(C)(C#N)NC(=O)CSc1n[nH]c(C=Cc2cccs2)n1. The maximum absolute atomic E-state index is 12.0. The summed E-state index contributed by atoms with van der Waals surface area (Å²) in [6, 6.07) is 6.15. The molecule has 0 saturated heterocycles. The number of amides is 1. The lowest BCUT2D eigenvalue weighted by atomic mass is 9.90. The van der Waals surface area contributed by atoms with E-state index in [-0.39, 0.29) is 17.6 Å². The highest BCUT2D eigenvalue weighted by atomic mass is 32.2. The van der Waals surface area contributed by atoms with Gasteiger partial charge in [-0.25, -0.2) is 4.98 Å². The van der Waals surface area contributed by atoms with Gasteiger partial charge in [0.2, 0.25) is 11.1 Å². The van der Waals surface area contributed by atoms with E-state index < -0.39 is 5.54 Å². The van der Waals surface area contributed by atoms with Crippen LogP contribution in [0.2, 0.25) is 0 Å². The standard InChI is InChI=1S/C16H19N5OS2/c1-11(2)16(3,10-17)19-14(22)9-24-15-18-13(20-21-15)7-6-12-5-4-8-23-12/h4-8,11H,9H2,1-3H3,(H,19,22)(H,18,20,21). The first-order chi connectivity index (χ1) is 11.4. The fourth-order valence-corrected chi connectivity index (χ4v) is 2.93. The Morgan fingerprint density at radius 1 is 1.58 bits per heavy atom. The van der Waals surface area contributed by atoms with E-state index in [1.165, 1.54) is 11.8 Å². The summed E-state index contributed by atoms with van der Waals surface area (Å²) in [5.41, 5.74) is -0.870. The van der Waals surface area contributed by atoms with Crippen molar-refractivity contribution in [3.05, 3.63) is 28.2 Å². The van der Waals surface area contributed by atoms with E-state index in [9.17, 15) is 10.1 Å². The monoisotopic (exact) mass is 361 g/mol. The maximum atomic E-state index is 12.0. The molecule has 2 rings (SSSR count). The van der Waals surface area contributed by atoms with Gasteiger partial charge in [0.1, 0.15) is 11.4 Å². The Morgan fingerprint density at radius 2 is 2.38 bits per heavy atom. The van der Waals surface area contributed by atoms with E-state index in [4.69, 9.17) is 0 Å². The molecule has 1 atom stereocenters. The summed E-state index contributed by atoms with van der Waals surface area (Å²) in [5.74, 6) is 0.609. The summed E-state index contributed by atoms with van der Waals surface area (Å²) in [4.78, 5) is 17.5. The van der Waals surface area contributed by atoms with Crippen molar-refractivity contribution in [3.63, 3.8) is 0 Å². The number of thioether (sulfide) groups is 1. The lowest BCUT2D eigenvalue weighted by Crippen LogP contribution is -2.49. The van der Waals surface area contributed by atoms with Gasteiger partial charge < -0.3 is 5.32 Å². The minimum Gasteiger partial charge on any atom is -0.337 e. The van der Waals surface area contributed by atoms with Gasteiger partial charge >= 0.3 is 0 Å². The van der Waals surface area contributed by atoms with E-state index in [1.54, 1.807) is 18.3 Å². The van der Waals surface area contributed by atoms with Gasteiger partial charge in [0.05, 0.1) is 11.8 Å². The highest BCUT2D eigenvalue weighted by molar-refractivity contribution is 7.99. The van der Waals surface area contributed by atoms with Gasteiger partial charge in [-0.2, -0.15) is 5.26 Å². The van der Waals surface area contributed by atoms with Crippen molar-refractivity contribution >= 4 is 41.2 Å². The molecule has 0 bridgehead atoms. The molecule has 0 spiro atoms. The second kappa shape index (κ2) is 8.13. The van der Waals surface area contributed by atoms with E-state index >= 15 is 0 Å². The number of nitrogens with one attached hydrogen (secondary N) is 2. The number of carbonyl (C=O) groups excluding carboxylic acids is 1. The predicted molar refractivity (Wildman–Crippen MR) is 97.4 cm³/mol. The van der Waals surface area contributed by atoms with Crippen LogP contribution in [0, 0.1) is 17.2 Å². The van der Waals surface area contributed by atoms with Crippen molar-refractivity contribution in [3.8, 4) is 6.07 Å². The van der Waals surface area contributed by atoms with Crippen LogP contribution in [0.4, 0.5) is 0 Å². The minimum atomic E-state index is -0.870. The lowest BCUT2D eigenvalue weighted by Gasteiger charge is -2.27. The fourth-order valence-electron chi connectivity index (χ4n) is 1.70. The Balaban J connectivity index is 1.87. The second-order valence-corrected chi connectivity index (χ2v) is 7.58. The topological polar surface area (TPSA) is 94.5 Å². The van der Waals surface area contributed by atoms with Crippen LogP contribution in [0.3, 0.4) is 0 Å². The average Bonchev–Trinajstić information content (AvgIpc) is 3.22. The molecule has 6 nitrogen and oxygen atoms in total. The quantitative estimate of drug-likeness (QED) is 0.739. The third-order valence-electron chi connectivity index (χ3n) is 3.55. The smallest absolute Gasteiger partial charge is 0.231 e. The highest BCUT2D eigenvalue weighted by Gasteiger charge is 2.29. The largest absolute Gasteiger partial charge is 0.337 e. The third-order valence-corrected chi connectivity index (χ3v) is 5.23. The average molecular weight is 361 g/mol. The molecule has 0 aliphatic heterocycles. The molecule has 2 aromatic rings. The van der Waals surface area contributed by atoms with Gasteiger partial charge in [-0.15, -0.1) is 16.4 Å². The maximum Gasteiger partial charge on any atom is 0.231 e. The summed E-state index contributed by atoms with van der Waals surface area (Å²) >= 11 is 2.87. The van der Waals surface area contributed by atoms with Crippen molar-refractivity contribution < 1.29 is 4.79 Å². The van der Waals surface area contributed by atoms with Crippen molar-refractivity contribution in [2.45, 2.75) is 31.5 Å². The van der Waals surface area contributed by atoms with Crippen LogP contribution >= 0.6 is 23.1 Å². The molecule has 0 fully saturated rings. The van der Waals surface area contributed by atoms with Crippen molar-refractivity contribution in [2.75, 3.05) is 5.75 Å². The van der Waals surface area contributed by atoms with Gasteiger partial charge in [-0.1, -0.05) is 31.7 Å². The number of nitriles is 1. The molecular formula is C16H19N5OS2. The van der Waals surface area contributed by atoms with Crippen LogP contribution in [-0.2, 0) is 4.79 Å². The molecule has 0 aliphatic rings. The third kappa shape index (κ3) is 4.94. The van der Waals surface area contributed by atoms with Crippen LogP contribution in [0.25, 0.3) is 12.2 Å². The van der Waals surface area contributed by atoms with E-state index in [0.717, 1.165) is 4.88 Å². The van der Waals surface area contributed by atoms with Crippen molar-refractivity contribution in [1.82, 2.24) is 20.5 Å². The van der Waals surface area contributed by atoms with Gasteiger partial charge in [-0.3, -0.25) is 9.89 Å². The normalized spacial score (nSPS) is 13.8. The summed E-state index contributed by atoms with van der Waals surface area (Å²) in [6.07, 6.45) is 3.79. The van der Waals surface area contributed by atoms with Crippen LogP contribution < -0.4 is 5.32 Å². The number of thiophene rings is 1. The molecule has 24 heavy (non-hydrogen) atoms. The van der Waals surface area contributed by atoms with Gasteiger partial charge in [-0.05, 0) is 36.4 Å². The molecule has 8 heteroatoms. The zero-order chi connectivity index (χ0) is 17.6. The van der Waals surface area contributed by atoms with Gasteiger partial charge in [0.15, 0.2) is 0 Å². The van der Waals surface area contributed by atoms with E-state index in [2.05, 4.69) is 26.6 Å². The molecule has 2 heterocycles.